The average Bonchev–Trinajstić information content (AvgIpc) is 2.52. The first kappa shape index (κ1) is 7.07. The fraction of sp³-hybridized carbons (Fsp3) is 0. The second-order valence-corrected chi connectivity index (χ2v) is 3.24. The molecule has 0 aromatic carbocycles. The van der Waals surface area contributed by atoms with Crippen molar-refractivity contribution in [2.24, 2.45) is 0 Å². The zero-order chi connectivity index (χ0) is 8.55. The molecule has 58 valence electrons. The number of aromatic amines is 1. The van der Waals surface area contributed by atoms with Crippen LogP contribution in [-0.4, -0.2) is 4.98 Å². The zero-order valence-corrected chi connectivity index (χ0v) is 6.81. The van der Waals surface area contributed by atoms with Gasteiger partial charge in [0.05, 0.1) is 5.39 Å². The van der Waals surface area contributed by atoms with Crippen LogP contribution in [-0.2, 0) is 0 Å². The Balaban J connectivity index is 2.96. The highest BCUT2D eigenvalue weighted by Gasteiger charge is 2.01. The number of thiophene rings is 1. The summed E-state index contributed by atoms with van der Waals surface area (Å²) in [5.74, 6) is 0. The van der Waals surface area contributed by atoms with Gasteiger partial charge in [-0.1, -0.05) is 0 Å². The Kier molecular flexibility index (Phi) is 1.45. The summed E-state index contributed by atoms with van der Waals surface area (Å²) in [6.07, 6.45) is 0. The van der Waals surface area contributed by atoms with Gasteiger partial charge in [-0.3, -0.25) is 4.79 Å². The van der Waals surface area contributed by atoms with E-state index < -0.39 is 0 Å². The van der Waals surface area contributed by atoms with Crippen molar-refractivity contribution < 1.29 is 0 Å². The van der Waals surface area contributed by atoms with Gasteiger partial charge in [0.15, 0.2) is 5.43 Å². The minimum absolute atomic E-state index is 0.0958. The Hall–Kier alpha value is -1.60. The van der Waals surface area contributed by atoms with Crippen molar-refractivity contribution in [3.63, 3.8) is 0 Å². The largest absolute Gasteiger partial charge is 0.338 e. The van der Waals surface area contributed by atoms with E-state index in [1.54, 1.807) is 6.07 Å². The molecule has 0 radical (unpaired) electrons. The number of rotatable bonds is 0. The normalized spacial score (nSPS) is 9.92. The highest BCUT2D eigenvalue weighted by atomic mass is 32.1. The van der Waals surface area contributed by atoms with Crippen LogP contribution in [0.25, 0.3) is 10.2 Å². The molecular weight excluding hydrogens is 172 g/mol. The predicted molar refractivity (Wildman–Crippen MR) is 47.2 cm³/mol. The van der Waals surface area contributed by atoms with Crippen molar-refractivity contribution in [2.45, 2.75) is 0 Å². The summed E-state index contributed by atoms with van der Waals surface area (Å²) in [4.78, 5) is 14.9. The Morgan fingerprint density at radius 1 is 1.58 bits per heavy atom. The summed E-state index contributed by atoms with van der Waals surface area (Å²) < 4.78 is 0. The van der Waals surface area contributed by atoms with Gasteiger partial charge in [0.1, 0.15) is 16.6 Å². The van der Waals surface area contributed by atoms with Crippen LogP contribution in [0.3, 0.4) is 0 Å². The molecule has 2 aromatic heterocycles. The van der Waals surface area contributed by atoms with E-state index in [0.29, 0.717) is 11.1 Å². The molecule has 4 heteroatoms. The Labute approximate surface area is 71.9 Å². The molecule has 0 bridgehead atoms. The topological polar surface area (TPSA) is 56.6 Å². The lowest BCUT2D eigenvalue weighted by Crippen LogP contribution is -2.00. The molecule has 0 saturated heterocycles. The second kappa shape index (κ2) is 2.47. The van der Waals surface area contributed by atoms with Crippen LogP contribution in [0.4, 0.5) is 0 Å². The maximum absolute atomic E-state index is 11.3. The maximum atomic E-state index is 11.3. The van der Waals surface area contributed by atoms with Gasteiger partial charge in [0.2, 0.25) is 0 Å². The number of pyridine rings is 1. The Bertz CT molecular complexity index is 518. The number of nitrogens with one attached hydrogen (secondary N) is 1. The fourth-order valence-electron chi connectivity index (χ4n) is 1.03. The Morgan fingerprint density at radius 3 is 3.17 bits per heavy atom. The van der Waals surface area contributed by atoms with Crippen LogP contribution in [0.1, 0.15) is 5.69 Å². The van der Waals surface area contributed by atoms with Gasteiger partial charge in [-0.15, -0.1) is 11.3 Å². The summed E-state index contributed by atoms with van der Waals surface area (Å²) in [6, 6.07) is 4.97. The molecule has 2 heterocycles. The van der Waals surface area contributed by atoms with Crippen LogP contribution >= 0.6 is 11.3 Å². The minimum atomic E-state index is -0.0958. The van der Waals surface area contributed by atoms with E-state index in [4.69, 9.17) is 5.26 Å². The van der Waals surface area contributed by atoms with E-state index in [1.807, 2.05) is 11.4 Å². The quantitative estimate of drug-likeness (QED) is 0.660. The summed E-state index contributed by atoms with van der Waals surface area (Å²) in [5, 5.41) is 11.0. The molecular formula is C8H4N2OS. The van der Waals surface area contributed by atoms with Gasteiger partial charge in [-0.2, -0.15) is 5.26 Å². The lowest BCUT2D eigenvalue weighted by atomic mass is 10.3. The smallest absolute Gasteiger partial charge is 0.191 e. The number of H-pyrrole nitrogens is 1. The highest BCUT2D eigenvalue weighted by Crippen LogP contribution is 2.14. The van der Waals surface area contributed by atoms with Gasteiger partial charge < -0.3 is 4.98 Å². The monoisotopic (exact) mass is 176 g/mol. The third-order valence-corrected chi connectivity index (χ3v) is 2.40. The molecule has 12 heavy (non-hydrogen) atoms. The number of nitriles is 1. The van der Waals surface area contributed by atoms with Crippen molar-refractivity contribution in [1.82, 2.24) is 4.98 Å². The molecule has 3 nitrogen and oxygen atoms in total. The molecule has 0 spiro atoms. The van der Waals surface area contributed by atoms with Gasteiger partial charge in [-0.25, -0.2) is 0 Å². The molecule has 0 aliphatic carbocycles. The summed E-state index contributed by atoms with van der Waals surface area (Å²) in [6.45, 7) is 0. The summed E-state index contributed by atoms with van der Waals surface area (Å²) in [5.41, 5.74) is 0.219. The van der Waals surface area contributed by atoms with E-state index in [2.05, 4.69) is 4.98 Å². The standard InChI is InChI=1S/C8H4N2OS/c9-4-5-3-7(11)6-1-2-12-8(6)10-5/h1-3H,(H,10,11). The molecule has 0 atom stereocenters. The predicted octanol–water partition coefficient (Wildman–Crippen LogP) is 1.46. The van der Waals surface area contributed by atoms with Crippen molar-refractivity contribution in [3.05, 3.63) is 33.4 Å². The van der Waals surface area contributed by atoms with Crippen LogP contribution < -0.4 is 5.43 Å². The van der Waals surface area contributed by atoms with Crippen molar-refractivity contribution in [1.29, 1.82) is 5.26 Å². The Morgan fingerprint density at radius 2 is 2.42 bits per heavy atom. The first-order valence-corrected chi connectivity index (χ1v) is 4.20. The van der Waals surface area contributed by atoms with Crippen molar-refractivity contribution in [2.75, 3.05) is 0 Å². The number of fused-ring (bicyclic) bond motifs is 1. The van der Waals surface area contributed by atoms with Crippen LogP contribution in [0, 0.1) is 11.3 Å². The van der Waals surface area contributed by atoms with E-state index in [-0.39, 0.29) is 5.43 Å². The first-order valence-electron chi connectivity index (χ1n) is 3.32. The van der Waals surface area contributed by atoms with Crippen LogP contribution in [0.15, 0.2) is 22.3 Å². The van der Waals surface area contributed by atoms with Crippen LogP contribution in [0.2, 0.25) is 0 Å². The highest BCUT2D eigenvalue weighted by molar-refractivity contribution is 7.16. The molecule has 2 rings (SSSR count). The fourth-order valence-corrected chi connectivity index (χ4v) is 1.83. The molecule has 0 fully saturated rings. The van der Waals surface area contributed by atoms with Crippen molar-refractivity contribution in [3.8, 4) is 6.07 Å². The van der Waals surface area contributed by atoms with E-state index in [0.717, 1.165) is 4.83 Å². The number of hydrogen-bond donors (Lipinski definition) is 1. The molecule has 1 N–H and O–H groups in total. The average molecular weight is 176 g/mol. The van der Waals surface area contributed by atoms with Crippen LogP contribution in [0.5, 0.6) is 0 Å². The molecule has 0 aliphatic heterocycles. The molecule has 0 aliphatic rings. The molecule has 0 unspecified atom stereocenters. The van der Waals surface area contributed by atoms with E-state index in [9.17, 15) is 4.79 Å². The van der Waals surface area contributed by atoms with Gasteiger partial charge in [-0.05, 0) is 11.4 Å². The maximum Gasteiger partial charge on any atom is 0.191 e. The van der Waals surface area contributed by atoms with Gasteiger partial charge in [0, 0.05) is 6.07 Å². The summed E-state index contributed by atoms with van der Waals surface area (Å²) >= 11 is 1.42. The third-order valence-electron chi connectivity index (χ3n) is 1.57. The number of aromatic nitrogens is 1. The van der Waals surface area contributed by atoms with Crippen molar-refractivity contribution >= 4 is 21.6 Å². The summed E-state index contributed by atoms with van der Waals surface area (Å²) in [7, 11) is 0. The van der Waals surface area contributed by atoms with Gasteiger partial charge >= 0.3 is 0 Å². The molecule has 0 saturated carbocycles. The van der Waals surface area contributed by atoms with E-state index >= 15 is 0 Å². The van der Waals surface area contributed by atoms with Gasteiger partial charge in [0.25, 0.3) is 0 Å². The second-order valence-electron chi connectivity index (χ2n) is 2.32. The molecule has 0 amide bonds. The third kappa shape index (κ3) is 0.917. The number of hydrogen-bond acceptors (Lipinski definition) is 3. The SMILES string of the molecule is N#Cc1cc(=O)c2ccsc2[nH]1. The first-order chi connectivity index (χ1) is 5.81. The zero-order valence-electron chi connectivity index (χ0n) is 6.00. The lowest BCUT2D eigenvalue weighted by molar-refractivity contribution is 1.33. The van der Waals surface area contributed by atoms with E-state index in [1.165, 1.54) is 17.4 Å². The minimum Gasteiger partial charge on any atom is -0.338 e. The lowest BCUT2D eigenvalue weighted by Gasteiger charge is -1.89. The number of nitrogens with zero attached hydrogens (tertiary/aromatic N) is 1. The molecule has 2 aromatic rings.